The molecular weight excluding hydrogens is 431 g/mol. The summed E-state index contributed by atoms with van der Waals surface area (Å²) in [5.41, 5.74) is 8.65. The van der Waals surface area contributed by atoms with Crippen molar-refractivity contribution < 1.29 is 14.0 Å². The summed E-state index contributed by atoms with van der Waals surface area (Å²) < 4.78 is 13.4. The molecule has 1 saturated heterocycles. The first-order valence-electron chi connectivity index (χ1n) is 11.4. The van der Waals surface area contributed by atoms with Gasteiger partial charge < -0.3 is 16.0 Å². The number of hydrogen-bond acceptors (Lipinski definition) is 4. The van der Waals surface area contributed by atoms with Crippen molar-refractivity contribution in [1.29, 1.82) is 0 Å². The van der Waals surface area contributed by atoms with Gasteiger partial charge in [0.15, 0.2) is 0 Å². The maximum atomic E-state index is 13.5. The first-order valence-corrected chi connectivity index (χ1v) is 11.4. The fourth-order valence-electron chi connectivity index (χ4n) is 4.48. The normalized spacial score (nSPS) is 16.8. The number of benzene rings is 2. The van der Waals surface area contributed by atoms with Crippen LogP contribution in [0.5, 0.6) is 0 Å². The number of halogens is 1. The first kappa shape index (κ1) is 23.6. The van der Waals surface area contributed by atoms with Gasteiger partial charge in [-0.05, 0) is 74.2 Å². The van der Waals surface area contributed by atoms with Crippen molar-refractivity contribution in [2.24, 2.45) is 5.73 Å². The lowest BCUT2D eigenvalue weighted by Gasteiger charge is -2.36. The predicted octanol–water partition coefficient (Wildman–Crippen LogP) is 4.44. The molecule has 34 heavy (non-hydrogen) atoms. The van der Waals surface area contributed by atoms with Gasteiger partial charge in [-0.15, -0.1) is 0 Å². The molecule has 1 aromatic heterocycles. The third-order valence-electron chi connectivity index (χ3n) is 6.57. The molecule has 6 nitrogen and oxygen atoms in total. The lowest BCUT2D eigenvalue weighted by atomic mass is 9.82. The molecule has 3 N–H and O–H groups in total. The molecule has 2 heterocycles. The monoisotopic (exact) mass is 460 g/mol. The van der Waals surface area contributed by atoms with Gasteiger partial charge in [-0.3, -0.25) is 14.6 Å². The van der Waals surface area contributed by atoms with Crippen LogP contribution in [-0.2, 0) is 10.2 Å². The average molecular weight is 461 g/mol. The van der Waals surface area contributed by atoms with E-state index >= 15 is 0 Å². The fraction of sp³-hybridized carbons (Fsp3) is 0.296. The smallest absolute Gasteiger partial charge is 0.255 e. The molecule has 0 bridgehead atoms. The Kier molecular flexibility index (Phi) is 6.75. The molecule has 0 aliphatic carbocycles. The van der Waals surface area contributed by atoms with Gasteiger partial charge in [0.05, 0.1) is 17.5 Å². The number of rotatable bonds is 6. The van der Waals surface area contributed by atoms with Gasteiger partial charge in [-0.2, -0.15) is 0 Å². The van der Waals surface area contributed by atoms with Crippen molar-refractivity contribution in [2.45, 2.75) is 44.2 Å². The summed E-state index contributed by atoms with van der Waals surface area (Å²) in [6, 6.07) is 16.2. The third-order valence-corrected chi connectivity index (χ3v) is 6.57. The maximum absolute atomic E-state index is 13.5. The van der Waals surface area contributed by atoms with E-state index in [9.17, 15) is 14.0 Å². The van der Waals surface area contributed by atoms with E-state index in [1.54, 1.807) is 48.8 Å². The SMILES string of the molecule is CC(C)(C(=O)N1CCC[C@@H]1C(N)c1ccc(C(=O)Nc2ccncc2)cc1)c1ccc(F)cc1. The van der Waals surface area contributed by atoms with Crippen LogP contribution in [0.3, 0.4) is 0 Å². The van der Waals surface area contributed by atoms with Gasteiger partial charge in [0.2, 0.25) is 5.91 Å². The summed E-state index contributed by atoms with van der Waals surface area (Å²) in [6.45, 7) is 4.35. The van der Waals surface area contributed by atoms with Gasteiger partial charge in [0, 0.05) is 30.2 Å². The van der Waals surface area contributed by atoms with Crippen molar-refractivity contribution in [3.05, 3.63) is 95.6 Å². The second kappa shape index (κ2) is 9.73. The van der Waals surface area contributed by atoms with Crippen LogP contribution in [0.1, 0.15) is 54.2 Å². The largest absolute Gasteiger partial charge is 0.337 e. The molecule has 1 fully saturated rings. The number of likely N-dealkylation sites (tertiary alicyclic amines) is 1. The fourth-order valence-corrected chi connectivity index (χ4v) is 4.48. The Labute approximate surface area is 199 Å². The zero-order chi connectivity index (χ0) is 24.3. The molecule has 7 heteroatoms. The van der Waals surface area contributed by atoms with Crippen LogP contribution < -0.4 is 11.1 Å². The van der Waals surface area contributed by atoms with Crippen LogP contribution in [0.25, 0.3) is 0 Å². The van der Waals surface area contributed by atoms with E-state index in [1.807, 2.05) is 30.9 Å². The Morgan fingerprint density at radius 2 is 1.71 bits per heavy atom. The van der Waals surface area contributed by atoms with Crippen LogP contribution in [0.15, 0.2) is 73.1 Å². The number of nitrogens with two attached hydrogens (primary N) is 1. The molecule has 2 aromatic carbocycles. The maximum Gasteiger partial charge on any atom is 0.255 e. The Morgan fingerprint density at radius 3 is 2.35 bits per heavy atom. The minimum Gasteiger partial charge on any atom is -0.337 e. The van der Waals surface area contributed by atoms with E-state index in [-0.39, 0.29) is 29.7 Å². The molecule has 176 valence electrons. The van der Waals surface area contributed by atoms with E-state index in [0.29, 0.717) is 17.8 Å². The second-order valence-electron chi connectivity index (χ2n) is 9.18. The Hall–Kier alpha value is -3.58. The number of carbonyl (C=O) groups excluding carboxylic acids is 2. The van der Waals surface area contributed by atoms with E-state index in [0.717, 1.165) is 24.0 Å². The summed E-state index contributed by atoms with van der Waals surface area (Å²) in [4.78, 5) is 31.9. The second-order valence-corrected chi connectivity index (χ2v) is 9.18. The van der Waals surface area contributed by atoms with Crippen LogP contribution in [0, 0.1) is 5.82 Å². The molecular formula is C27H29FN4O2. The number of hydrogen-bond donors (Lipinski definition) is 2. The van der Waals surface area contributed by atoms with E-state index in [2.05, 4.69) is 10.3 Å². The van der Waals surface area contributed by atoms with Crippen molar-refractivity contribution in [3.63, 3.8) is 0 Å². The molecule has 3 aromatic rings. The topological polar surface area (TPSA) is 88.3 Å². The number of pyridine rings is 1. The molecule has 1 unspecified atom stereocenters. The van der Waals surface area contributed by atoms with Crippen molar-refractivity contribution in [2.75, 3.05) is 11.9 Å². The molecule has 0 radical (unpaired) electrons. The highest BCUT2D eigenvalue weighted by Crippen LogP contribution is 2.34. The lowest BCUT2D eigenvalue weighted by Crippen LogP contribution is -2.49. The number of amides is 2. The Morgan fingerprint density at radius 1 is 1.06 bits per heavy atom. The number of nitrogens with one attached hydrogen (secondary N) is 1. The van der Waals surface area contributed by atoms with Crippen molar-refractivity contribution >= 4 is 17.5 Å². The summed E-state index contributed by atoms with van der Waals surface area (Å²) in [6.07, 6.45) is 4.90. The highest BCUT2D eigenvalue weighted by atomic mass is 19.1. The predicted molar refractivity (Wildman–Crippen MR) is 130 cm³/mol. The number of anilines is 1. The van der Waals surface area contributed by atoms with Gasteiger partial charge in [0.1, 0.15) is 5.82 Å². The van der Waals surface area contributed by atoms with E-state index < -0.39 is 5.41 Å². The van der Waals surface area contributed by atoms with Crippen LogP contribution in [0.2, 0.25) is 0 Å². The Balaban J connectivity index is 1.47. The average Bonchev–Trinajstić information content (AvgIpc) is 3.34. The quantitative estimate of drug-likeness (QED) is 0.569. The zero-order valence-corrected chi connectivity index (χ0v) is 19.4. The summed E-state index contributed by atoms with van der Waals surface area (Å²) >= 11 is 0. The third kappa shape index (κ3) is 4.84. The molecule has 4 rings (SSSR count). The van der Waals surface area contributed by atoms with E-state index in [1.165, 1.54) is 12.1 Å². The first-order chi connectivity index (χ1) is 16.3. The zero-order valence-electron chi connectivity index (χ0n) is 19.4. The lowest BCUT2D eigenvalue weighted by molar-refractivity contribution is -0.137. The van der Waals surface area contributed by atoms with Gasteiger partial charge in [-0.1, -0.05) is 24.3 Å². The van der Waals surface area contributed by atoms with Crippen LogP contribution in [0.4, 0.5) is 10.1 Å². The summed E-state index contributed by atoms with van der Waals surface area (Å²) in [5.74, 6) is -0.568. The van der Waals surface area contributed by atoms with Crippen LogP contribution >= 0.6 is 0 Å². The minimum atomic E-state index is -0.801. The highest BCUT2D eigenvalue weighted by molar-refractivity contribution is 6.04. The number of aromatic nitrogens is 1. The molecule has 0 spiro atoms. The molecule has 2 amide bonds. The van der Waals surface area contributed by atoms with Crippen molar-refractivity contribution in [3.8, 4) is 0 Å². The molecule has 1 aliphatic rings. The van der Waals surface area contributed by atoms with Gasteiger partial charge in [0.25, 0.3) is 5.91 Å². The minimum absolute atomic E-state index is 0.0228. The van der Waals surface area contributed by atoms with Gasteiger partial charge >= 0.3 is 0 Å². The van der Waals surface area contributed by atoms with E-state index in [4.69, 9.17) is 5.73 Å². The number of carbonyl (C=O) groups is 2. The van der Waals surface area contributed by atoms with Crippen LogP contribution in [-0.4, -0.2) is 34.3 Å². The summed E-state index contributed by atoms with van der Waals surface area (Å²) in [7, 11) is 0. The summed E-state index contributed by atoms with van der Waals surface area (Å²) in [5, 5.41) is 2.83. The number of nitrogens with zero attached hydrogens (tertiary/aromatic N) is 2. The van der Waals surface area contributed by atoms with Crippen molar-refractivity contribution in [1.82, 2.24) is 9.88 Å². The Bertz CT molecular complexity index is 1150. The van der Waals surface area contributed by atoms with Gasteiger partial charge in [-0.25, -0.2) is 4.39 Å². The molecule has 2 atom stereocenters. The molecule has 1 aliphatic heterocycles. The highest BCUT2D eigenvalue weighted by Gasteiger charge is 2.41. The molecule has 0 saturated carbocycles. The standard InChI is InChI=1S/C27H29FN4O2/c1-27(2,20-9-11-21(28)12-10-20)26(34)32-17-3-4-23(32)24(29)18-5-7-19(8-6-18)25(33)31-22-13-15-30-16-14-22/h5-16,23-24H,3-4,17,29H2,1-2H3,(H,30,31,33)/t23-,24?/m1/s1.